The lowest BCUT2D eigenvalue weighted by Gasteiger charge is -2.06. The van der Waals surface area contributed by atoms with Crippen molar-refractivity contribution in [2.45, 2.75) is 19.8 Å². The average molecular weight is 280 g/mol. The highest BCUT2D eigenvalue weighted by atomic mass is 31.2. The molecular weight excluding hydrogens is 263 g/mol. The van der Waals surface area contributed by atoms with Crippen molar-refractivity contribution in [1.29, 1.82) is 0 Å². The standard InChI is InChI=1S/C10H17O7P/c1-2-5-9(11)16-6-3-4-7-17-10(12)8-18(13,14)15/h2,5H,3-4,6-8H2,1H3,(H2,13,14,15). The Morgan fingerprint density at radius 1 is 1.17 bits per heavy atom. The number of unbranched alkanes of at least 4 members (excludes halogenated alkanes) is 1. The highest BCUT2D eigenvalue weighted by Crippen LogP contribution is 2.33. The van der Waals surface area contributed by atoms with Crippen LogP contribution in [-0.4, -0.2) is 41.1 Å². The molecule has 0 aliphatic rings. The number of hydrogen-bond acceptors (Lipinski definition) is 5. The summed E-state index contributed by atoms with van der Waals surface area (Å²) >= 11 is 0. The molecule has 0 aromatic rings. The fourth-order valence-corrected chi connectivity index (χ4v) is 1.39. The van der Waals surface area contributed by atoms with Gasteiger partial charge in [0.05, 0.1) is 13.2 Å². The van der Waals surface area contributed by atoms with Crippen LogP contribution in [0.5, 0.6) is 0 Å². The third-order valence-electron chi connectivity index (χ3n) is 1.68. The molecule has 0 radical (unpaired) electrons. The molecule has 0 amide bonds. The molecule has 8 heteroatoms. The second-order valence-electron chi connectivity index (χ2n) is 3.42. The second-order valence-corrected chi connectivity index (χ2v) is 5.06. The fourth-order valence-electron chi connectivity index (χ4n) is 0.961. The summed E-state index contributed by atoms with van der Waals surface area (Å²) in [6, 6.07) is 0. The van der Waals surface area contributed by atoms with Gasteiger partial charge in [0.2, 0.25) is 0 Å². The number of esters is 2. The van der Waals surface area contributed by atoms with Gasteiger partial charge in [-0.05, 0) is 19.8 Å². The minimum absolute atomic E-state index is 0.0417. The number of allylic oxidation sites excluding steroid dienone is 1. The van der Waals surface area contributed by atoms with Gasteiger partial charge in [-0.3, -0.25) is 9.36 Å². The maximum absolute atomic E-state index is 10.9. The van der Waals surface area contributed by atoms with Crippen LogP contribution in [0.3, 0.4) is 0 Å². The van der Waals surface area contributed by atoms with Crippen LogP contribution < -0.4 is 0 Å². The molecule has 2 N–H and O–H groups in total. The largest absolute Gasteiger partial charge is 0.465 e. The molecule has 0 saturated heterocycles. The number of ether oxygens (including phenoxy) is 2. The molecular formula is C10H17O7P. The van der Waals surface area contributed by atoms with Crippen LogP contribution in [0.1, 0.15) is 19.8 Å². The summed E-state index contributed by atoms with van der Waals surface area (Å²) in [6.45, 7) is 1.95. The van der Waals surface area contributed by atoms with Crippen LogP contribution in [0.2, 0.25) is 0 Å². The van der Waals surface area contributed by atoms with Gasteiger partial charge in [-0.2, -0.15) is 0 Å². The molecule has 0 rings (SSSR count). The Hall–Kier alpha value is -1.17. The molecule has 0 spiro atoms. The quantitative estimate of drug-likeness (QED) is 0.290. The molecule has 0 unspecified atom stereocenters. The van der Waals surface area contributed by atoms with E-state index in [4.69, 9.17) is 14.5 Å². The summed E-state index contributed by atoms with van der Waals surface area (Å²) in [5, 5.41) is 0. The summed E-state index contributed by atoms with van der Waals surface area (Å²) in [7, 11) is -4.36. The van der Waals surface area contributed by atoms with Gasteiger partial charge in [0.25, 0.3) is 0 Å². The van der Waals surface area contributed by atoms with Crippen molar-refractivity contribution in [1.82, 2.24) is 0 Å². The zero-order valence-electron chi connectivity index (χ0n) is 10.1. The van der Waals surface area contributed by atoms with Crippen LogP contribution in [0.15, 0.2) is 12.2 Å². The monoisotopic (exact) mass is 280 g/mol. The zero-order chi connectivity index (χ0) is 14.0. The number of hydrogen-bond donors (Lipinski definition) is 2. The van der Waals surface area contributed by atoms with Crippen LogP contribution in [0.25, 0.3) is 0 Å². The molecule has 104 valence electrons. The Labute approximate surface area is 105 Å². The first-order valence-corrected chi connectivity index (χ1v) is 7.14. The first-order valence-electron chi connectivity index (χ1n) is 5.35. The van der Waals surface area contributed by atoms with Gasteiger partial charge in [0.15, 0.2) is 0 Å². The van der Waals surface area contributed by atoms with E-state index in [-0.39, 0.29) is 13.2 Å². The minimum Gasteiger partial charge on any atom is -0.465 e. The lowest BCUT2D eigenvalue weighted by molar-refractivity contribution is -0.142. The zero-order valence-corrected chi connectivity index (χ0v) is 11.0. The summed E-state index contributed by atoms with van der Waals surface area (Å²) in [4.78, 5) is 38.7. The predicted molar refractivity (Wildman–Crippen MR) is 62.9 cm³/mol. The number of carbonyl (C=O) groups is 2. The third-order valence-corrected chi connectivity index (χ3v) is 2.35. The van der Waals surface area contributed by atoms with Gasteiger partial charge in [-0.15, -0.1) is 0 Å². The van der Waals surface area contributed by atoms with Crippen molar-refractivity contribution in [2.75, 3.05) is 19.4 Å². The molecule has 7 nitrogen and oxygen atoms in total. The smallest absolute Gasteiger partial charge is 0.336 e. The van der Waals surface area contributed by atoms with E-state index in [0.717, 1.165) is 0 Å². The first-order chi connectivity index (χ1) is 8.35. The van der Waals surface area contributed by atoms with Gasteiger partial charge >= 0.3 is 19.5 Å². The second kappa shape index (κ2) is 8.85. The summed E-state index contributed by atoms with van der Waals surface area (Å²) < 4.78 is 19.8. The van der Waals surface area contributed by atoms with E-state index < -0.39 is 25.7 Å². The van der Waals surface area contributed by atoms with E-state index in [1.54, 1.807) is 13.0 Å². The number of carbonyl (C=O) groups excluding carboxylic acids is 2. The molecule has 0 aliphatic carbocycles. The Morgan fingerprint density at radius 3 is 2.22 bits per heavy atom. The lowest BCUT2D eigenvalue weighted by atomic mass is 10.3. The van der Waals surface area contributed by atoms with E-state index in [2.05, 4.69) is 4.74 Å². The first kappa shape index (κ1) is 16.8. The topological polar surface area (TPSA) is 110 Å². The van der Waals surface area contributed by atoms with E-state index in [9.17, 15) is 14.2 Å². The van der Waals surface area contributed by atoms with E-state index >= 15 is 0 Å². The minimum atomic E-state index is -4.36. The molecule has 0 bridgehead atoms. The SMILES string of the molecule is CC=CC(=O)OCCCCOC(=O)CP(=O)(O)O. The molecule has 0 saturated carbocycles. The molecule has 0 atom stereocenters. The molecule has 0 fully saturated rings. The van der Waals surface area contributed by atoms with Gasteiger partial charge in [0.1, 0.15) is 6.16 Å². The Kier molecular flexibility index (Phi) is 8.28. The van der Waals surface area contributed by atoms with E-state index in [1.807, 2.05) is 0 Å². The van der Waals surface area contributed by atoms with Gasteiger partial charge in [0, 0.05) is 6.08 Å². The lowest BCUT2D eigenvalue weighted by Crippen LogP contribution is -2.11. The molecule has 0 heterocycles. The summed E-state index contributed by atoms with van der Waals surface area (Å²) in [5.41, 5.74) is 0. The summed E-state index contributed by atoms with van der Waals surface area (Å²) in [5.74, 6) is -1.37. The van der Waals surface area contributed by atoms with Crippen LogP contribution >= 0.6 is 7.60 Å². The van der Waals surface area contributed by atoms with Crippen molar-refractivity contribution in [3.63, 3.8) is 0 Å². The van der Waals surface area contributed by atoms with Crippen molar-refractivity contribution in [2.24, 2.45) is 0 Å². The van der Waals surface area contributed by atoms with E-state index in [0.29, 0.717) is 12.8 Å². The Bertz CT molecular complexity index is 344. The molecule has 18 heavy (non-hydrogen) atoms. The molecule has 0 aromatic heterocycles. The Balaban J connectivity index is 3.49. The predicted octanol–water partition coefficient (Wildman–Crippen LogP) is 0.607. The average Bonchev–Trinajstić information content (AvgIpc) is 2.21. The van der Waals surface area contributed by atoms with E-state index in [1.165, 1.54) is 6.08 Å². The highest BCUT2D eigenvalue weighted by molar-refractivity contribution is 7.52. The molecule has 0 aromatic carbocycles. The maximum Gasteiger partial charge on any atom is 0.336 e. The van der Waals surface area contributed by atoms with Crippen LogP contribution in [0.4, 0.5) is 0 Å². The van der Waals surface area contributed by atoms with Crippen molar-refractivity contribution in [3.8, 4) is 0 Å². The van der Waals surface area contributed by atoms with Crippen LogP contribution in [-0.2, 0) is 23.6 Å². The van der Waals surface area contributed by atoms with Crippen LogP contribution in [0, 0.1) is 0 Å². The maximum atomic E-state index is 10.9. The number of rotatable bonds is 8. The molecule has 0 aliphatic heterocycles. The van der Waals surface area contributed by atoms with Gasteiger partial charge in [-0.25, -0.2) is 4.79 Å². The third kappa shape index (κ3) is 11.3. The van der Waals surface area contributed by atoms with Crippen molar-refractivity contribution < 1.29 is 33.4 Å². The fraction of sp³-hybridized carbons (Fsp3) is 0.600. The van der Waals surface area contributed by atoms with Gasteiger partial charge < -0.3 is 19.3 Å². The Morgan fingerprint density at radius 2 is 1.72 bits per heavy atom. The van der Waals surface area contributed by atoms with Crippen molar-refractivity contribution >= 4 is 19.5 Å². The highest BCUT2D eigenvalue weighted by Gasteiger charge is 2.19. The van der Waals surface area contributed by atoms with Crippen molar-refractivity contribution in [3.05, 3.63) is 12.2 Å². The summed E-state index contributed by atoms with van der Waals surface area (Å²) in [6.07, 6.45) is 2.90. The van der Waals surface area contributed by atoms with Gasteiger partial charge in [-0.1, -0.05) is 6.08 Å². The normalized spacial score (nSPS) is 11.5.